The standard InChI is InChI=1S/C29H38O2/c1-2-3-4-5-6-7-8-9-10-11-12-17-22-31-29(30)28-23-24-18-13-14-19-25(24)26-20-15-16-21-27(26)28/h13-16,18-21,23H,2-12,17,22H2,1H3. The van der Waals surface area contributed by atoms with E-state index in [-0.39, 0.29) is 5.97 Å². The highest BCUT2D eigenvalue weighted by Gasteiger charge is 2.14. The second-order valence-electron chi connectivity index (χ2n) is 8.72. The van der Waals surface area contributed by atoms with Crippen LogP contribution in [-0.2, 0) is 4.74 Å². The van der Waals surface area contributed by atoms with E-state index in [1.165, 1.54) is 69.6 Å². The molecule has 3 aromatic carbocycles. The van der Waals surface area contributed by atoms with Crippen molar-refractivity contribution in [3.05, 3.63) is 60.2 Å². The molecule has 0 heterocycles. The van der Waals surface area contributed by atoms with Crippen molar-refractivity contribution in [2.24, 2.45) is 0 Å². The van der Waals surface area contributed by atoms with Gasteiger partial charge in [0.25, 0.3) is 0 Å². The maximum Gasteiger partial charge on any atom is 0.338 e. The molecule has 0 amide bonds. The lowest BCUT2D eigenvalue weighted by atomic mass is 9.97. The highest BCUT2D eigenvalue weighted by Crippen LogP contribution is 2.29. The molecule has 0 fully saturated rings. The van der Waals surface area contributed by atoms with Crippen LogP contribution in [0.4, 0.5) is 0 Å². The number of esters is 1. The molecule has 0 saturated carbocycles. The first kappa shape index (κ1) is 23.3. The lowest BCUT2D eigenvalue weighted by Crippen LogP contribution is -2.07. The molecule has 0 spiro atoms. The van der Waals surface area contributed by atoms with Gasteiger partial charge in [-0.25, -0.2) is 4.79 Å². The van der Waals surface area contributed by atoms with Gasteiger partial charge in [0, 0.05) is 0 Å². The summed E-state index contributed by atoms with van der Waals surface area (Å²) in [6.45, 7) is 2.78. The highest BCUT2D eigenvalue weighted by atomic mass is 16.5. The van der Waals surface area contributed by atoms with Gasteiger partial charge in [0.2, 0.25) is 0 Å². The number of fused-ring (bicyclic) bond motifs is 3. The number of benzene rings is 3. The van der Waals surface area contributed by atoms with E-state index in [1.807, 2.05) is 36.4 Å². The molecular formula is C29H38O2. The Kier molecular flexibility index (Phi) is 9.89. The lowest BCUT2D eigenvalue weighted by Gasteiger charge is -2.10. The molecule has 2 nitrogen and oxygen atoms in total. The van der Waals surface area contributed by atoms with Crippen LogP contribution in [0.3, 0.4) is 0 Å². The van der Waals surface area contributed by atoms with Crippen LogP contribution in [0.5, 0.6) is 0 Å². The zero-order chi connectivity index (χ0) is 21.7. The van der Waals surface area contributed by atoms with E-state index in [9.17, 15) is 4.79 Å². The molecule has 3 aromatic rings. The molecule has 0 aliphatic carbocycles. The molecule has 0 atom stereocenters. The van der Waals surface area contributed by atoms with E-state index in [0.717, 1.165) is 29.0 Å². The quantitative estimate of drug-likeness (QED) is 0.148. The minimum Gasteiger partial charge on any atom is -0.462 e. The van der Waals surface area contributed by atoms with Crippen molar-refractivity contribution in [1.82, 2.24) is 0 Å². The predicted octanol–water partition coefficient (Wildman–Crippen LogP) is 8.85. The van der Waals surface area contributed by atoms with Crippen LogP contribution in [0.15, 0.2) is 54.6 Å². The third kappa shape index (κ3) is 7.09. The highest BCUT2D eigenvalue weighted by molar-refractivity contribution is 6.15. The molecule has 0 unspecified atom stereocenters. The van der Waals surface area contributed by atoms with Crippen LogP contribution in [0.25, 0.3) is 21.5 Å². The van der Waals surface area contributed by atoms with Crippen LogP contribution in [0.1, 0.15) is 94.3 Å². The summed E-state index contributed by atoms with van der Waals surface area (Å²) in [5.74, 6) is -0.204. The minimum atomic E-state index is -0.204. The van der Waals surface area contributed by atoms with Gasteiger partial charge in [0.05, 0.1) is 12.2 Å². The van der Waals surface area contributed by atoms with E-state index in [4.69, 9.17) is 4.74 Å². The molecule has 0 N–H and O–H groups in total. The Morgan fingerprint density at radius 1 is 0.645 bits per heavy atom. The van der Waals surface area contributed by atoms with E-state index < -0.39 is 0 Å². The average Bonchev–Trinajstić information content (AvgIpc) is 2.81. The minimum absolute atomic E-state index is 0.204. The summed E-state index contributed by atoms with van der Waals surface area (Å²) in [7, 11) is 0. The SMILES string of the molecule is CCCCCCCCCCCCCCOC(=O)c1cc2ccccc2c2ccccc12. The van der Waals surface area contributed by atoms with E-state index in [0.29, 0.717) is 12.2 Å². The topological polar surface area (TPSA) is 26.3 Å². The van der Waals surface area contributed by atoms with Gasteiger partial charge < -0.3 is 4.74 Å². The lowest BCUT2D eigenvalue weighted by molar-refractivity contribution is 0.0500. The average molecular weight is 419 g/mol. The van der Waals surface area contributed by atoms with Crippen LogP contribution in [0, 0.1) is 0 Å². The zero-order valence-corrected chi connectivity index (χ0v) is 19.2. The van der Waals surface area contributed by atoms with Crippen LogP contribution in [-0.4, -0.2) is 12.6 Å². The van der Waals surface area contributed by atoms with Crippen molar-refractivity contribution >= 4 is 27.5 Å². The fourth-order valence-corrected chi connectivity index (χ4v) is 4.41. The molecule has 0 saturated heterocycles. The maximum atomic E-state index is 12.8. The molecule has 31 heavy (non-hydrogen) atoms. The van der Waals surface area contributed by atoms with E-state index in [2.05, 4.69) is 25.1 Å². The van der Waals surface area contributed by atoms with Crippen LogP contribution >= 0.6 is 0 Å². The largest absolute Gasteiger partial charge is 0.462 e. The summed E-state index contributed by atoms with van der Waals surface area (Å²) in [5, 5.41) is 4.34. The number of ether oxygens (including phenoxy) is 1. The first-order valence-electron chi connectivity index (χ1n) is 12.4. The van der Waals surface area contributed by atoms with Crippen molar-refractivity contribution in [1.29, 1.82) is 0 Å². The van der Waals surface area contributed by atoms with E-state index >= 15 is 0 Å². The maximum absolute atomic E-state index is 12.8. The van der Waals surface area contributed by atoms with Crippen molar-refractivity contribution in [2.75, 3.05) is 6.61 Å². The Morgan fingerprint density at radius 3 is 1.81 bits per heavy atom. The number of unbranched alkanes of at least 4 members (excludes halogenated alkanes) is 11. The Balaban J connectivity index is 1.36. The second-order valence-corrected chi connectivity index (χ2v) is 8.72. The zero-order valence-electron chi connectivity index (χ0n) is 19.2. The number of hydrogen-bond donors (Lipinski definition) is 0. The molecule has 0 bridgehead atoms. The number of hydrogen-bond acceptors (Lipinski definition) is 2. The predicted molar refractivity (Wildman–Crippen MR) is 133 cm³/mol. The first-order chi connectivity index (χ1) is 15.3. The Hall–Kier alpha value is -2.35. The molecule has 0 aliphatic heterocycles. The van der Waals surface area contributed by atoms with Crippen molar-refractivity contribution in [3.63, 3.8) is 0 Å². The Morgan fingerprint density at radius 2 is 1.16 bits per heavy atom. The summed E-state index contributed by atoms with van der Waals surface area (Å²) in [5.41, 5.74) is 0.674. The first-order valence-corrected chi connectivity index (χ1v) is 12.4. The third-order valence-electron chi connectivity index (χ3n) is 6.22. The smallest absolute Gasteiger partial charge is 0.338 e. The third-order valence-corrected chi connectivity index (χ3v) is 6.22. The van der Waals surface area contributed by atoms with Gasteiger partial charge in [-0.05, 0) is 34.0 Å². The molecule has 166 valence electrons. The number of carbonyl (C=O) groups excluding carboxylic acids is 1. The van der Waals surface area contributed by atoms with Crippen LogP contribution < -0.4 is 0 Å². The number of rotatable bonds is 14. The van der Waals surface area contributed by atoms with E-state index in [1.54, 1.807) is 0 Å². The van der Waals surface area contributed by atoms with Gasteiger partial charge >= 0.3 is 5.97 Å². The summed E-state index contributed by atoms with van der Waals surface area (Å²) in [4.78, 5) is 12.8. The molecule has 0 radical (unpaired) electrons. The summed E-state index contributed by atoms with van der Waals surface area (Å²) < 4.78 is 5.64. The fraction of sp³-hybridized carbons (Fsp3) is 0.483. The summed E-state index contributed by atoms with van der Waals surface area (Å²) in [6, 6.07) is 18.3. The Bertz CT molecular complexity index is 944. The molecular weight excluding hydrogens is 380 g/mol. The van der Waals surface area contributed by atoms with Gasteiger partial charge in [-0.2, -0.15) is 0 Å². The van der Waals surface area contributed by atoms with Gasteiger partial charge in [0.1, 0.15) is 0 Å². The number of carbonyl (C=O) groups is 1. The van der Waals surface area contributed by atoms with Gasteiger partial charge in [-0.3, -0.25) is 0 Å². The molecule has 0 aliphatic rings. The second kappa shape index (κ2) is 13.1. The summed E-state index contributed by atoms with van der Waals surface area (Å²) in [6.07, 6.45) is 15.7. The molecule has 0 aromatic heterocycles. The molecule has 2 heteroatoms. The van der Waals surface area contributed by atoms with Gasteiger partial charge in [-0.1, -0.05) is 126 Å². The van der Waals surface area contributed by atoms with Crippen molar-refractivity contribution in [3.8, 4) is 0 Å². The van der Waals surface area contributed by atoms with Crippen LogP contribution in [0.2, 0.25) is 0 Å². The van der Waals surface area contributed by atoms with Gasteiger partial charge in [-0.15, -0.1) is 0 Å². The van der Waals surface area contributed by atoms with Crippen molar-refractivity contribution in [2.45, 2.75) is 84.0 Å². The monoisotopic (exact) mass is 418 g/mol. The fourth-order valence-electron chi connectivity index (χ4n) is 4.41. The van der Waals surface area contributed by atoms with Crippen molar-refractivity contribution < 1.29 is 9.53 Å². The Labute approximate surface area is 188 Å². The molecule has 3 rings (SSSR count). The normalized spacial score (nSPS) is 11.3. The van der Waals surface area contributed by atoms with Gasteiger partial charge in [0.15, 0.2) is 0 Å². The summed E-state index contributed by atoms with van der Waals surface area (Å²) >= 11 is 0.